The molecule has 0 radical (unpaired) electrons. The molecule has 6 aliphatic heterocycles. The van der Waals surface area contributed by atoms with Crippen molar-refractivity contribution in [3.8, 4) is 23.0 Å². The van der Waals surface area contributed by atoms with Crippen molar-refractivity contribution in [2.75, 3.05) is 66.2 Å². The van der Waals surface area contributed by atoms with Gasteiger partial charge in [-0.3, -0.25) is 14.4 Å². The molecule has 82 heavy (non-hydrogen) atoms. The van der Waals surface area contributed by atoms with Crippen LogP contribution in [0.2, 0.25) is 0 Å². The monoisotopic (exact) mass is 1110 g/mol. The van der Waals surface area contributed by atoms with E-state index in [0.29, 0.717) is 52.5 Å². The van der Waals surface area contributed by atoms with E-state index in [4.69, 9.17) is 36.1 Å². The molecule has 14 heteroatoms. The van der Waals surface area contributed by atoms with Gasteiger partial charge in [-0.2, -0.15) is 0 Å². The minimum Gasteiger partial charge on any atom is -0.496 e. The third kappa shape index (κ3) is 12.5. The van der Waals surface area contributed by atoms with E-state index in [-0.39, 0.29) is 39.8 Å². The lowest BCUT2D eigenvalue weighted by Gasteiger charge is -2.38. The molecule has 3 fully saturated rings. The molecule has 0 aromatic heterocycles. The molecule has 0 bridgehead atoms. The van der Waals surface area contributed by atoms with Crippen LogP contribution >= 0.6 is 0 Å². The van der Waals surface area contributed by atoms with Crippen molar-refractivity contribution in [3.63, 3.8) is 0 Å². The van der Waals surface area contributed by atoms with Crippen molar-refractivity contribution >= 4 is 35.9 Å². The highest BCUT2D eigenvalue weighted by molar-refractivity contribution is 5.97. The molecular weight excluding hydrogens is 1030 g/mol. The van der Waals surface area contributed by atoms with Crippen LogP contribution in [0, 0.1) is 5.82 Å². The first-order valence-corrected chi connectivity index (χ1v) is 28.6. The van der Waals surface area contributed by atoms with Gasteiger partial charge in [0.05, 0.1) is 26.9 Å². The minimum atomic E-state index is -0.281. The number of carbonyl (C=O) groups is 3. The SMILES string of the molecule is C/C(=C\c1ccccc1)C(=O)N1CCC2(CC1)COc1ccc(CN)cc12.COc1ccccc1/C=C\C(=O)N1CCC2(CC1)COc1ccc(CN)cc12.NCc1ccc2c(c1)C1(CCN(C(=O)/C=C/c3ccc(F)cc3)CC1)CO2. The summed E-state index contributed by atoms with van der Waals surface area (Å²) in [4.78, 5) is 43.8. The van der Waals surface area contributed by atoms with Crippen molar-refractivity contribution in [2.24, 2.45) is 17.2 Å². The summed E-state index contributed by atoms with van der Waals surface area (Å²) < 4.78 is 36.1. The molecule has 6 aromatic carbocycles. The summed E-state index contributed by atoms with van der Waals surface area (Å²) in [5.74, 6) is 3.53. The Kier molecular flexibility index (Phi) is 17.7. The number of methoxy groups -OCH3 is 1. The quantitative estimate of drug-likeness (QED) is 0.112. The van der Waals surface area contributed by atoms with Crippen LogP contribution in [-0.4, -0.2) is 98.6 Å². The van der Waals surface area contributed by atoms with Crippen LogP contribution in [0.15, 0.2) is 151 Å². The lowest BCUT2D eigenvalue weighted by molar-refractivity contribution is -0.129. The Morgan fingerprint density at radius 1 is 0.524 bits per heavy atom. The number of benzene rings is 6. The van der Waals surface area contributed by atoms with Gasteiger partial charge in [0.15, 0.2) is 0 Å². The van der Waals surface area contributed by atoms with Crippen molar-refractivity contribution in [3.05, 3.63) is 207 Å². The molecule has 426 valence electrons. The summed E-state index contributed by atoms with van der Waals surface area (Å²) in [5.41, 5.74) is 28.1. The fourth-order valence-electron chi connectivity index (χ4n) is 12.3. The maximum Gasteiger partial charge on any atom is 0.249 e. The molecule has 0 saturated carbocycles. The van der Waals surface area contributed by atoms with Gasteiger partial charge in [-0.05, 0) is 128 Å². The molecule has 3 saturated heterocycles. The second-order valence-electron chi connectivity index (χ2n) is 22.5. The standard InChI is InChI=1S/C23H26N2O3.C23H26N2O2.C22H23FN2O2/c1-27-20-5-3-2-4-18(20)7-9-22(26)25-12-10-23(11-13-25)16-28-21-8-6-17(15-24)14-19(21)23;1-17(13-18-5-3-2-4-6-18)22(26)25-11-9-23(10-12-25)16-27-21-8-7-19(15-24)14-20(21)23;23-18-5-1-16(2-6-18)4-8-21(26)25-11-9-22(10-12-25)15-27-20-7-3-17(14-24)13-19(20)22/h2-9,14H,10-13,15-16,24H2,1H3;2-8,13-14H,9-12,15-16,24H2,1H3;1-8,13H,9-12,14-15,24H2/b9-7-;17-13+;8-4+. The zero-order valence-corrected chi connectivity index (χ0v) is 47.1. The number of amides is 3. The Balaban J connectivity index is 0.000000138. The van der Waals surface area contributed by atoms with Gasteiger partial charge >= 0.3 is 0 Å². The van der Waals surface area contributed by atoms with Gasteiger partial charge in [-0.15, -0.1) is 0 Å². The molecule has 0 atom stereocenters. The summed E-state index contributed by atoms with van der Waals surface area (Å²) in [7, 11) is 1.64. The average molecular weight is 1110 g/mol. The van der Waals surface area contributed by atoms with Gasteiger partial charge in [0.1, 0.15) is 28.8 Å². The molecule has 3 spiro atoms. The van der Waals surface area contributed by atoms with E-state index in [1.807, 2.05) is 125 Å². The third-order valence-electron chi connectivity index (χ3n) is 17.5. The third-order valence-corrected chi connectivity index (χ3v) is 17.5. The van der Waals surface area contributed by atoms with Gasteiger partial charge in [0.25, 0.3) is 0 Å². The van der Waals surface area contributed by atoms with Gasteiger partial charge in [-0.1, -0.05) is 97.1 Å². The molecule has 0 aliphatic carbocycles. The summed E-state index contributed by atoms with van der Waals surface area (Å²) in [6, 6.07) is 42.5. The summed E-state index contributed by atoms with van der Waals surface area (Å²) in [6.07, 6.45) is 14.2. The number of likely N-dealkylation sites (tertiary alicyclic amines) is 3. The molecular formula is C68H75FN6O7. The van der Waals surface area contributed by atoms with E-state index in [0.717, 1.165) is 127 Å². The van der Waals surface area contributed by atoms with Gasteiger partial charge in [0.2, 0.25) is 17.7 Å². The highest BCUT2D eigenvalue weighted by Crippen LogP contribution is 2.48. The van der Waals surface area contributed by atoms with E-state index < -0.39 is 0 Å². The van der Waals surface area contributed by atoms with Crippen LogP contribution in [0.25, 0.3) is 18.2 Å². The number of fused-ring (bicyclic) bond motifs is 6. The predicted octanol–water partition coefficient (Wildman–Crippen LogP) is 9.87. The van der Waals surface area contributed by atoms with Gasteiger partial charge in [0, 0.05) is 115 Å². The second kappa shape index (κ2) is 25.4. The number of carbonyl (C=O) groups excluding carboxylic acids is 3. The number of ether oxygens (including phenoxy) is 4. The fourth-order valence-corrected chi connectivity index (χ4v) is 12.3. The highest BCUT2D eigenvalue weighted by Gasteiger charge is 2.46. The maximum atomic E-state index is 13.0. The number of hydrogen-bond acceptors (Lipinski definition) is 10. The number of halogens is 1. The number of para-hydroxylation sites is 1. The van der Waals surface area contributed by atoms with E-state index in [2.05, 4.69) is 18.2 Å². The van der Waals surface area contributed by atoms with E-state index in [9.17, 15) is 18.8 Å². The molecule has 6 aromatic rings. The van der Waals surface area contributed by atoms with Crippen LogP contribution in [0.1, 0.15) is 95.5 Å². The molecule has 13 nitrogen and oxygen atoms in total. The Hall–Kier alpha value is -8.04. The Morgan fingerprint density at radius 3 is 1.38 bits per heavy atom. The Labute approximate surface area is 481 Å². The largest absolute Gasteiger partial charge is 0.496 e. The molecule has 6 aliphatic rings. The summed E-state index contributed by atoms with van der Waals surface area (Å²) >= 11 is 0. The van der Waals surface area contributed by atoms with Crippen molar-refractivity contribution in [1.29, 1.82) is 0 Å². The molecule has 12 rings (SSSR count). The van der Waals surface area contributed by atoms with Crippen LogP contribution in [-0.2, 0) is 50.3 Å². The predicted molar refractivity (Wildman–Crippen MR) is 320 cm³/mol. The summed E-state index contributed by atoms with van der Waals surface area (Å²) in [5, 5.41) is 0. The Bertz CT molecular complexity index is 3340. The molecule has 6 heterocycles. The second-order valence-corrected chi connectivity index (χ2v) is 22.5. The first kappa shape index (κ1) is 57.2. The first-order chi connectivity index (χ1) is 39.9. The van der Waals surface area contributed by atoms with Crippen LogP contribution < -0.4 is 36.1 Å². The number of hydrogen-bond donors (Lipinski definition) is 3. The molecule has 3 amide bonds. The van der Waals surface area contributed by atoms with Crippen molar-refractivity contribution in [2.45, 2.75) is 81.3 Å². The van der Waals surface area contributed by atoms with Gasteiger partial charge < -0.3 is 50.8 Å². The van der Waals surface area contributed by atoms with E-state index >= 15 is 0 Å². The maximum absolute atomic E-state index is 13.0. The van der Waals surface area contributed by atoms with Crippen molar-refractivity contribution < 1.29 is 37.7 Å². The van der Waals surface area contributed by atoms with Gasteiger partial charge in [-0.25, -0.2) is 4.39 Å². The highest BCUT2D eigenvalue weighted by atomic mass is 19.1. The summed E-state index contributed by atoms with van der Waals surface area (Å²) in [6.45, 7) is 9.92. The fraction of sp³-hybridized carbons (Fsp3) is 0.338. The van der Waals surface area contributed by atoms with Crippen LogP contribution in [0.5, 0.6) is 23.0 Å². The molecule has 6 N–H and O–H groups in total. The van der Waals surface area contributed by atoms with Crippen LogP contribution in [0.3, 0.4) is 0 Å². The minimum absolute atomic E-state index is 0.00363. The number of nitrogens with zero attached hydrogens (tertiary/aromatic N) is 3. The first-order valence-electron chi connectivity index (χ1n) is 28.6. The normalized spacial score (nSPS) is 17.9. The smallest absolute Gasteiger partial charge is 0.249 e. The van der Waals surface area contributed by atoms with E-state index in [1.54, 1.807) is 37.5 Å². The lowest BCUT2D eigenvalue weighted by Crippen LogP contribution is -2.46. The zero-order chi connectivity index (χ0) is 57.3. The Morgan fingerprint density at radius 2 is 0.939 bits per heavy atom. The average Bonchev–Trinajstić information content (AvgIpc) is 4.38. The van der Waals surface area contributed by atoms with E-state index in [1.165, 1.54) is 28.8 Å². The molecule has 0 unspecified atom stereocenters. The number of rotatable bonds is 10. The number of nitrogens with two attached hydrogens (primary N) is 3. The van der Waals surface area contributed by atoms with Crippen molar-refractivity contribution in [1.82, 2.24) is 14.7 Å². The topological polar surface area (TPSA) is 176 Å². The lowest BCUT2D eigenvalue weighted by atomic mass is 9.74. The number of piperidine rings is 3. The van der Waals surface area contributed by atoms with Crippen LogP contribution in [0.4, 0.5) is 4.39 Å². The zero-order valence-electron chi connectivity index (χ0n) is 47.1.